The second-order valence-corrected chi connectivity index (χ2v) is 11.1. The number of anilines is 2. The van der Waals surface area contributed by atoms with Gasteiger partial charge in [-0.05, 0) is 66.2 Å². The van der Waals surface area contributed by atoms with Crippen molar-refractivity contribution in [3.63, 3.8) is 0 Å². The molecule has 0 fully saturated rings. The van der Waals surface area contributed by atoms with E-state index in [0.717, 1.165) is 4.90 Å². The lowest BCUT2D eigenvalue weighted by atomic mass is 10.1. The maximum Gasteiger partial charge on any atom is 0.272 e. The fourth-order valence-electron chi connectivity index (χ4n) is 3.50. The summed E-state index contributed by atoms with van der Waals surface area (Å²) in [4.78, 5) is 39.3. The molecule has 0 saturated heterocycles. The Labute approximate surface area is 261 Å². The summed E-state index contributed by atoms with van der Waals surface area (Å²) in [5.41, 5.74) is 1.72. The molecule has 4 rings (SSSR count). The van der Waals surface area contributed by atoms with Crippen molar-refractivity contribution in [2.24, 2.45) is 0 Å². The van der Waals surface area contributed by atoms with Crippen LogP contribution in [0.25, 0.3) is 6.08 Å². The van der Waals surface area contributed by atoms with E-state index in [1.807, 2.05) is 0 Å². The minimum atomic E-state index is -0.566. The molecule has 11 heteroatoms. The Kier molecular flexibility index (Phi) is 10.7. The molecule has 4 aromatic carbocycles. The minimum absolute atomic E-state index is 0.0298. The van der Waals surface area contributed by atoms with Crippen LogP contribution < -0.4 is 16.0 Å². The third-order valence-electron chi connectivity index (χ3n) is 5.52. The number of nitrogens with one attached hydrogen (secondary N) is 3. The van der Waals surface area contributed by atoms with Gasteiger partial charge in [-0.1, -0.05) is 82.8 Å². The Hall–Kier alpha value is -3.46. The molecule has 0 unspecified atom stereocenters. The lowest BCUT2D eigenvalue weighted by Crippen LogP contribution is -2.30. The highest BCUT2D eigenvalue weighted by Gasteiger charge is 2.16. The Morgan fingerprint density at radius 2 is 1.37 bits per heavy atom. The molecule has 0 bridgehead atoms. The van der Waals surface area contributed by atoms with E-state index in [1.54, 1.807) is 91.0 Å². The van der Waals surface area contributed by atoms with Crippen molar-refractivity contribution in [3.8, 4) is 0 Å². The van der Waals surface area contributed by atoms with Crippen LogP contribution in [0.5, 0.6) is 0 Å². The van der Waals surface area contributed by atoms with Crippen molar-refractivity contribution in [3.05, 3.63) is 128 Å². The molecule has 0 aliphatic heterocycles. The minimum Gasteiger partial charge on any atom is -0.324 e. The zero-order valence-corrected chi connectivity index (χ0v) is 24.9. The van der Waals surface area contributed by atoms with Crippen LogP contribution in [0.2, 0.25) is 20.1 Å². The van der Waals surface area contributed by atoms with E-state index in [-0.39, 0.29) is 27.4 Å². The molecule has 0 saturated carbocycles. The first-order chi connectivity index (χ1) is 19.7. The molecule has 41 heavy (non-hydrogen) atoms. The summed E-state index contributed by atoms with van der Waals surface area (Å²) in [5, 5.41) is 9.36. The fourth-order valence-corrected chi connectivity index (χ4v) is 4.91. The summed E-state index contributed by atoms with van der Waals surface area (Å²) >= 11 is 25.9. The Bertz CT molecular complexity index is 1610. The van der Waals surface area contributed by atoms with Gasteiger partial charge in [-0.25, -0.2) is 0 Å². The molecular weight excluding hydrogens is 624 g/mol. The van der Waals surface area contributed by atoms with E-state index >= 15 is 0 Å². The van der Waals surface area contributed by atoms with Gasteiger partial charge in [0.1, 0.15) is 5.70 Å². The van der Waals surface area contributed by atoms with Crippen LogP contribution in [0.3, 0.4) is 0 Å². The predicted molar refractivity (Wildman–Crippen MR) is 169 cm³/mol. The number of halogens is 4. The van der Waals surface area contributed by atoms with Crippen LogP contribution in [-0.4, -0.2) is 23.5 Å². The average Bonchev–Trinajstić information content (AvgIpc) is 2.97. The van der Waals surface area contributed by atoms with Gasteiger partial charge in [-0.15, -0.1) is 11.8 Å². The van der Waals surface area contributed by atoms with Crippen molar-refractivity contribution in [2.75, 3.05) is 16.4 Å². The second-order valence-electron chi connectivity index (χ2n) is 8.44. The number of carbonyl (C=O) groups excluding carboxylic acids is 3. The van der Waals surface area contributed by atoms with Gasteiger partial charge in [0.15, 0.2) is 0 Å². The van der Waals surface area contributed by atoms with Gasteiger partial charge in [0.25, 0.3) is 11.8 Å². The molecule has 0 spiro atoms. The predicted octanol–water partition coefficient (Wildman–Crippen LogP) is 8.44. The summed E-state index contributed by atoms with van der Waals surface area (Å²) < 4.78 is 0. The van der Waals surface area contributed by atoms with Crippen molar-refractivity contribution < 1.29 is 14.4 Å². The van der Waals surface area contributed by atoms with Gasteiger partial charge in [0.2, 0.25) is 5.91 Å². The number of amides is 3. The highest BCUT2D eigenvalue weighted by atomic mass is 35.5. The number of rotatable bonds is 9. The summed E-state index contributed by atoms with van der Waals surface area (Å²) in [6.07, 6.45) is 1.46. The molecule has 0 radical (unpaired) electrons. The number of carbonyl (C=O) groups is 3. The molecule has 0 atom stereocenters. The lowest BCUT2D eigenvalue weighted by molar-refractivity contribution is -0.114. The van der Waals surface area contributed by atoms with Gasteiger partial charge in [-0.3, -0.25) is 14.4 Å². The zero-order valence-electron chi connectivity index (χ0n) is 21.1. The second kappa shape index (κ2) is 14.4. The Balaban J connectivity index is 1.43. The van der Waals surface area contributed by atoms with E-state index < -0.39 is 11.8 Å². The van der Waals surface area contributed by atoms with Crippen molar-refractivity contribution in [2.45, 2.75) is 4.90 Å². The van der Waals surface area contributed by atoms with Gasteiger partial charge < -0.3 is 16.0 Å². The fraction of sp³-hybridized carbons (Fsp3) is 0.0333. The van der Waals surface area contributed by atoms with Gasteiger partial charge >= 0.3 is 0 Å². The number of benzene rings is 4. The normalized spacial score (nSPS) is 11.1. The maximum absolute atomic E-state index is 13.3. The smallest absolute Gasteiger partial charge is 0.272 e. The molecule has 0 aliphatic rings. The van der Waals surface area contributed by atoms with Crippen molar-refractivity contribution in [1.29, 1.82) is 0 Å². The van der Waals surface area contributed by atoms with Crippen LogP contribution in [0.4, 0.5) is 11.4 Å². The van der Waals surface area contributed by atoms with Crippen LogP contribution in [-0.2, 0) is 9.59 Å². The number of hydrogen-bond donors (Lipinski definition) is 3. The zero-order chi connectivity index (χ0) is 29.4. The quantitative estimate of drug-likeness (QED) is 0.126. The van der Waals surface area contributed by atoms with E-state index in [2.05, 4.69) is 16.0 Å². The molecule has 3 N–H and O–H groups in total. The van der Waals surface area contributed by atoms with Gasteiger partial charge in [-0.2, -0.15) is 0 Å². The molecule has 208 valence electrons. The summed E-state index contributed by atoms with van der Waals surface area (Å²) in [6, 6.07) is 25.4. The third-order valence-corrected chi connectivity index (χ3v) is 8.18. The van der Waals surface area contributed by atoms with Gasteiger partial charge in [0.05, 0.1) is 31.5 Å². The third kappa shape index (κ3) is 8.52. The van der Waals surface area contributed by atoms with E-state index in [9.17, 15) is 14.4 Å². The standard InChI is InChI=1S/C30H21Cl4N3O3S/c31-22-9-4-8-19(27(22)33)16-25(37-29(39)18-6-2-1-3-7-18)30(40)35-20-12-14-21(15-13-20)41-17-26(38)36-24-11-5-10-23(32)28(24)34/h1-16H,17H2,(H,35,40)(H,36,38)(H,37,39)/b25-16-. The van der Waals surface area contributed by atoms with Crippen LogP contribution in [0.15, 0.2) is 102 Å². The summed E-state index contributed by atoms with van der Waals surface area (Å²) in [6.45, 7) is 0. The molecule has 6 nitrogen and oxygen atoms in total. The largest absolute Gasteiger partial charge is 0.324 e. The molecule has 0 aliphatic carbocycles. The average molecular weight is 645 g/mol. The SMILES string of the molecule is O=C(CSc1ccc(NC(=O)/C(=C/c2cccc(Cl)c2Cl)NC(=O)c2ccccc2)cc1)Nc1cccc(Cl)c1Cl. The molecule has 3 amide bonds. The first-order valence-corrected chi connectivity index (χ1v) is 14.5. The first-order valence-electron chi connectivity index (χ1n) is 12.0. The maximum atomic E-state index is 13.3. The van der Waals surface area contributed by atoms with Crippen molar-refractivity contribution >= 4 is 93.3 Å². The molecule has 0 heterocycles. The van der Waals surface area contributed by atoms with Crippen LogP contribution in [0, 0.1) is 0 Å². The molecule has 0 aromatic heterocycles. The van der Waals surface area contributed by atoms with Crippen molar-refractivity contribution in [1.82, 2.24) is 5.32 Å². The number of thioether (sulfide) groups is 1. The van der Waals surface area contributed by atoms with Crippen LogP contribution in [0.1, 0.15) is 15.9 Å². The molecule has 4 aromatic rings. The van der Waals surface area contributed by atoms with Gasteiger partial charge in [0, 0.05) is 16.1 Å². The van der Waals surface area contributed by atoms with E-state index in [0.29, 0.717) is 32.5 Å². The Morgan fingerprint density at radius 1 is 0.707 bits per heavy atom. The van der Waals surface area contributed by atoms with E-state index in [4.69, 9.17) is 46.4 Å². The monoisotopic (exact) mass is 643 g/mol. The number of hydrogen-bond acceptors (Lipinski definition) is 4. The Morgan fingerprint density at radius 3 is 2.07 bits per heavy atom. The lowest BCUT2D eigenvalue weighted by Gasteiger charge is -2.12. The van der Waals surface area contributed by atoms with E-state index in [1.165, 1.54) is 17.8 Å². The van der Waals surface area contributed by atoms with Crippen LogP contribution >= 0.6 is 58.2 Å². The molecular formula is C30H21Cl4N3O3S. The highest BCUT2D eigenvalue weighted by Crippen LogP contribution is 2.30. The summed E-state index contributed by atoms with van der Waals surface area (Å²) in [5.74, 6) is -1.15. The highest BCUT2D eigenvalue weighted by molar-refractivity contribution is 8.00. The first kappa shape index (κ1) is 30.5. The summed E-state index contributed by atoms with van der Waals surface area (Å²) in [7, 11) is 0. The topological polar surface area (TPSA) is 87.3 Å².